The summed E-state index contributed by atoms with van der Waals surface area (Å²) in [6.45, 7) is 0. The fraction of sp³-hybridized carbons (Fsp3) is 0.250. The highest BCUT2D eigenvalue weighted by atomic mass is 19.2. The summed E-state index contributed by atoms with van der Waals surface area (Å²) in [7, 11) is 0. The van der Waals surface area contributed by atoms with E-state index in [9.17, 15) is 23.2 Å². The van der Waals surface area contributed by atoms with Crippen molar-refractivity contribution in [2.75, 3.05) is 5.32 Å². The van der Waals surface area contributed by atoms with Crippen LogP contribution in [0.15, 0.2) is 18.2 Å². The van der Waals surface area contributed by atoms with Gasteiger partial charge in [-0.05, 0) is 18.6 Å². The summed E-state index contributed by atoms with van der Waals surface area (Å²) in [5.41, 5.74) is -0.463. The van der Waals surface area contributed by atoms with Gasteiger partial charge in [0.15, 0.2) is 11.6 Å². The fourth-order valence-electron chi connectivity index (χ4n) is 1.44. The first-order chi connectivity index (χ1) is 9.81. The minimum Gasteiger partial charge on any atom is -0.481 e. The zero-order valence-corrected chi connectivity index (χ0v) is 10.6. The van der Waals surface area contributed by atoms with Crippen LogP contribution in [-0.4, -0.2) is 34.2 Å². The number of benzene rings is 1. The number of nitrogens with one attached hydrogen (secondary N) is 2. The van der Waals surface area contributed by atoms with Gasteiger partial charge in [-0.25, -0.2) is 18.4 Å². The molecule has 1 aromatic carbocycles. The third-order valence-electron chi connectivity index (χ3n) is 2.45. The minimum absolute atomic E-state index is 0.344. The normalized spacial score (nSPS) is 11.5. The smallest absolute Gasteiger partial charge is 0.326 e. The van der Waals surface area contributed by atoms with E-state index in [0.29, 0.717) is 0 Å². The van der Waals surface area contributed by atoms with Crippen molar-refractivity contribution in [2.24, 2.45) is 0 Å². The number of aliphatic carboxylic acids is 2. The zero-order valence-electron chi connectivity index (χ0n) is 10.6. The molecule has 4 N–H and O–H groups in total. The Bertz CT molecular complexity index is 565. The number of carboxylic acid groups (broad SMARTS) is 2. The molecule has 0 heterocycles. The highest BCUT2D eigenvalue weighted by Gasteiger charge is 2.21. The van der Waals surface area contributed by atoms with Gasteiger partial charge < -0.3 is 20.8 Å². The molecule has 0 saturated heterocycles. The van der Waals surface area contributed by atoms with Crippen molar-refractivity contribution in [3.05, 3.63) is 29.8 Å². The van der Waals surface area contributed by atoms with Crippen LogP contribution in [0.3, 0.4) is 0 Å². The van der Waals surface area contributed by atoms with Crippen molar-refractivity contribution in [1.29, 1.82) is 0 Å². The summed E-state index contributed by atoms with van der Waals surface area (Å²) in [4.78, 5) is 32.7. The molecule has 9 heteroatoms. The van der Waals surface area contributed by atoms with Crippen LogP contribution in [0.1, 0.15) is 12.8 Å². The van der Waals surface area contributed by atoms with Crippen molar-refractivity contribution in [3.63, 3.8) is 0 Å². The minimum atomic E-state index is -1.46. The van der Waals surface area contributed by atoms with Crippen LogP contribution < -0.4 is 10.6 Å². The van der Waals surface area contributed by atoms with Gasteiger partial charge in [0.1, 0.15) is 6.04 Å². The molecule has 0 aliphatic rings. The molecular weight excluding hydrogens is 290 g/mol. The number of hydrogen-bond donors (Lipinski definition) is 4. The lowest BCUT2D eigenvalue weighted by Crippen LogP contribution is -2.43. The van der Waals surface area contributed by atoms with Gasteiger partial charge in [0.05, 0.1) is 5.69 Å². The molecule has 0 saturated carbocycles. The summed E-state index contributed by atoms with van der Waals surface area (Å²) in [5.74, 6) is -5.12. The summed E-state index contributed by atoms with van der Waals surface area (Å²) in [6, 6.07) is 0.554. The molecule has 1 atom stereocenters. The number of hydrogen-bond acceptors (Lipinski definition) is 3. The standard InChI is InChI=1S/C12H12F2N2O5/c13-6-2-1-3-7(10(6)14)15-12(21)16-8(11(19)20)4-5-9(17)18/h1-3,8H,4-5H2,(H,17,18)(H,19,20)(H2,15,16,21). The lowest BCUT2D eigenvalue weighted by molar-refractivity contribution is -0.140. The molecule has 0 aliphatic heterocycles. The van der Waals surface area contributed by atoms with E-state index in [1.54, 1.807) is 0 Å². The number of carboxylic acids is 2. The number of urea groups is 1. The quantitative estimate of drug-likeness (QED) is 0.634. The molecular formula is C12H12F2N2O5. The number of amides is 2. The van der Waals surface area contributed by atoms with Crippen molar-refractivity contribution in [3.8, 4) is 0 Å². The first kappa shape index (κ1) is 16.3. The molecule has 0 spiro atoms. The van der Waals surface area contributed by atoms with Gasteiger partial charge in [-0.2, -0.15) is 0 Å². The van der Waals surface area contributed by atoms with Crippen molar-refractivity contribution in [1.82, 2.24) is 5.32 Å². The van der Waals surface area contributed by atoms with Gasteiger partial charge in [0, 0.05) is 6.42 Å². The average Bonchev–Trinajstić information content (AvgIpc) is 2.39. The number of anilines is 1. The Labute approximate surface area is 117 Å². The van der Waals surface area contributed by atoms with Gasteiger partial charge in [-0.1, -0.05) is 6.07 Å². The van der Waals surface area contributed by atoms with E-state index < -0.39 is 47.8 Å². The predicted octanol–water partition coefficient (Wildman–Crippen LogP) is 1.40. The Hall–Kier alpha value is -2.71. The summed E-state index contributed by atoms with van der Waals surface area (Å²) >= 11 is 0. The third kappa shape index (κ3) is 5.05. The van der Waals surface area contributed by atoms with Crippen molar-refractivity contribution in [2.45, 2.75) is 18.9 Å². The number of halogens is 2. The summed E-state index contributed by atoms with van der Waals surface area (Å²) in [5, 5.41) is 21.2. The van der Waals surface area contributed by atoms with Crippen LogP contribution in [0.5, 0.6) is 0 Å². The molecule has 0 aromatic heterocycles. The Morgan fingerprint density at radius 2 is 1.86 bits per heavy atom. The van der Waals surface area contributed by atoms with Gasteiger partial charge in [0.2, 0.25) is 0 Å². The molecule has 1 unspecified atom stereocenters. The number of carbonyl (C=O) groups excluding carboxylic acids is 1. The molecule has 0 bridgehead atoms. The van der Waals surface area contributed by atoms with Crippen LogP contribution in [0.25, 0.3) is 0 Å². The Morgan fingerprint density at radius 3 is 2.43 bits per heavy atom. The molecule has 0 aliphatic carbocycles. The second kappa shape index (κ2) is 7.17. The molecule has 1 aromatic rings. The SMILES string of the molecule is O=C(O)CCC(NC(=O)Nc1cccc(F)c1F)C(=O)O. The van der Waals surface area contributed by atoms with E-state index in [4.69, 9.17) is 10.2 Å². The molecule has 2 amide bonds. The molecule has 7 nitrogen and oxygen atoms in total. The van der Waals surface area contributed by atoms with Gasteiger partial charge in [-0.15, -0.1) is 0 Å². The van der Waals surface area contributed by atoms with E-state index >= 15 is 0 Å². The van der Waals surface area contributed by atoms with Crippen LogP contribution in [-0.2, 0) is 9.59 Å². The van der Waals surface area contributed by atoms with Gasteiger partial charge in [-0.3, -0.25) is 4.79 Å². The first-order valence-electron chi connectivity index (χ1n) is 5.77. The number of carbonyl (C=O) groups is 3. The fourth-order valence-corrected chi connectivity index (χ4v) is 1.44. The zero-order chi connectivity index (χ0) is 16.0. The topological polar surface area (TPSA) is 116 Å². The third-order valence-corrected chi connectivity index (χ3v) is 2.45. The lowest BCUT2D eigenvalue weighted by Gasteiger charge is -2.14. The largest absolute Gasteiger partial charge is 0.481 e. The first-order valence-corrected chi connectivity index (χ1v) is 5.77. The van der Waals surface area contributed by atoms with E-state index in [1.807, 2.05) is 10.6 Å². The van der Waals surface area contributed by atoms with Crippen LogP contribution in [0, 0.1) is 11.6 Å². The Balaban J connectivity index is 2.67. The van der Waals surface area contributed by atoms with E-state index in [0.717, 1.165) is 18.2 Å². The highest BCUT2D eigenvalue weighted by Crippen LogP contribution is 2.16. The predicted molar refractivity (Wildman–Crippen MR) is 66.8 cm³/mol. The molecule has 0 radical (unpaired) electrons. The second-order valence-electron chi connectivity index (χ2n) is 4.02. The Morgan fingerprint density at radius 1 is 1.19 bits per heavy atom. The second-order valence-corrected chi connectivity index (χ2v) is 4.02. The molecule has 21 heavy (non-hydrogen) atoms. The van der Waals surface area contributed by atoms with Crippen molar-refractivity contribution < 1.29 is 33.4 Å². The summed E-state index contributed by atoms with van der Waals surface area (Å²) in [6.07, 6.45) is -0.810. The Kier molecular flexibility index (Phi) is 5.58. The van der Waals surface area contributed by atoms with Crippen LogP contribution in [0.2, 0.25) is 0 Å². The maximum atomic E-state index is 13.3. The average molecular weight is 302 g/mol. The highest BCUT2D eigenvalue weighted by molar-refractivity contribution is 5.92. The van der Waals surface area contributed by atoms with E-state index in [-0.39, 0.29) is 6.42 Å². The summed E-state index contributed by atoms with van der Waals surface area (Å²) < 4.78 is 26.2. The monoisotopic (exact) mass is 302 g/mol. The van der Waals surface area contributed by atoms with Crippen LogP contribution >= 0.6 is 0 Å². The van der Waals surface area contributed by atoms with Gasteiger partial charge >= 0.3 is 18.0 Å². The van der Waals surface area contributed by atoms with Crippen LogP contribution in [0.4, 0.5) is 19.3 Å². The molecule has 0 fully saturated rings. The van der Waals surface area contributed by atoms with Crippen molar-refractivity contribution >= 4 is 23.7 Å². The maximum Gasteiger partial charge on any atom is 0.326 e. The van der Waals surface area contributed by atoms with Gasteiger partial charge in [0.25, 0.3) is 0 Å². The van der Waals surface area contributed by atoms with E-state index in [1.165, 1.54) is 0 Å². The molecule has 1 rings (SSSR count). The molecule has 114 valence electrons. The maximum absolute atomic E-state index is 13.3. The van der Waals surface area contributed by atoms with E-state index in [2.05, 4.69) is 0 Å². The lowest BCUT2D eigenvalue weighted by atomic mass is 10.1. The number of rotatable bonds is 6.